The predicted molar refractivity (Wildman–Crippen MR) is 135 cm³/mol. The number of aliphatic hydroxyl groups excluding tert-OH is 2. The van der Waals surface area contributed by atoms with E-state index in [-0.39, 0.29) is 33.5 Å². The van der Waals surface area contributed by atoms with Gasteiger partial charge in [0, 0.05) is 28.7 Å². The first-order valence-corrected chi connectivity index (χ1v) is 11.8. The quantitative estimate of drug-likeness (QED) is 0.286. The molecule has 3 atom stereocenters. The summed E-state index contributed by atoms with van der Waals surface area (Å²) in [6, 6.07) is 5.75. The number of carbonyl (C=O) groups excluding carboxylic acids is 2. The molecule has 0 aromatic heterocycles. The number of benzene rings is 2. The Morgan fingerprint density at radius 3 is 2.44 bits per heavy atom. The summed E-state index contributed by atoms with van der Waals surface area (Å²) in [7, 11) is 1.78. The van der Waals surface area contributed by atoms with E-state index < -0.39 is 41.0 Å². The summed E-state index contributed by atoms with van der Waals surface area (Å²) in [5.74, 6) is 10.1. The van der Waals surface area contributed by atoms with Gasteiger partial charge in [-0.05, 0) is 62.7 Å². The number of rotatable bonds is 4. The average Bonchev–Trinajstić information content (AvgIpc) is 3.66. The number of phenols is 1. The number of hydrogen-bond acceptors (Lipinski definition) is 7. The van der Waals surface area contributed by atoms with Gasteiger partial charge < -0.3 is 26.0 Å². The Bertz CT molecular complexity index is 1440. The molecule has 1 heterocycles. The minimum absolute atomic E-state index is 0.0230. The topological polar surface area (TPSA) is 119 Å². The number of nitrogens with one attached hydrogen (secondary N) is 2. The molecule has 1 saturated carbocycles. The summed E-state index contributed by atoms with van der Waals surface area (Å²) in [6.07, 6.45) is 2.48. The first-order valence-electron chi connectivity index (χ1n) is 11.8. The summed E-state index contributed by atoms with van der Waals surface area (Å²) in [6.45, 7) is 2.22. The lowest BCUT2D eigenvalue weighted by molar-refractivity contribution is 0.0976. The third-order valence-corrected chi connectivity index (χ3v) is 7.26. The van der Waals surface area contributed by atoms with Crippen LogP contribution in [-0.2, 0) is 6.54 Å². The molecule has 36 heavy (non-hydrogen) atoms. The maximum Gasteiger partial charge on any atom is 0.198 e. The van der Waals surface area contributed by atoms with E-state index in [0.717, 1.165) is 18.4 Å². The molecule has 1 fully saturated rings. The molecule has 3 aliphatic rings. The Morgan fingerprint density at radius 1 is 1.08 bits per heavy atom. The second-order valence-electron chi connectivity index (χ2n) is 9.48. The number of ketones is 2. The SMILES string of the molecule is CNCc1ccc2c(c1)C(=O)c1c(O)cc3c(c1C2=O)N[C@H](C1([C@@H](C)O)CC1)C#C/C=C\C#C[C@H]3O. The van der Waals surface area contributed by atoms with Gasteiger partial charge in [-0.15, -0.1) is 0 Å². The third-order valence-electron chi connectivity index (χ3n) is 7.26. The van der Waals surface area contributed by atoms with Crippen molar-refractivity contribution in [3.05, 3.63) is 69.8 Å². The largest absolute Gasteiger partial charge is 0.507 e. The van der Waals surface area contributed by atoms with Gasteiger partial charge in [-0.25, -0.2) is 0 Å². The summed E-state index contributed by atoms with van der Waals surface area (Å²) in [5.41, 5.74) is 0.931. The van der Waals surface area contributed by atoms with Crippen LogP contribution in [0.25, 0.3) is 0 Å². The van der Waals surface area contributed by atoms with Gasteiger partial charge in [-0.3, -0.25) is 9.59 Å². The standard InChI is InChI=1S/C29H26N2O5/c1-16(32)29(11-12-29)23-8-6-4-3-5-7-21(33)20-14-22(34)24-25(26(20)31-23)27(35)18-10-9-17(15-30-2)13-19(18)28(24)36/h3-4,9-10,13-14,16,21,23,30-34H,11-12,15H2,1-2H3/b4-3-/t16-,21-,23+/m1/s1. The fraction of sp³-hybridized carbons (Fsp3) is 0.310. The second kappa shape index (κ2) is 8.96. The van der Waals surface area contributed by atoms with Crippen LogP contribution in [0.5, 0.6) is 5.75 Å². The molecular formula is C29H26N2O5. The van der Waals surface area contributed by atoms with Crippen LogP contribution in [0.3, 0.4) is 0 Å². The van der Waals surface area contributed by atoms with E-state index in [1.165, 1.54) is 12.1 Å². The monoisotopic (exact) mass is 482 g/mol. The van der Waals surface area contributed by atoms with Crippen molar-refractivity contribution < 1.29 is 24.9 Å². The van der Waals surface area contributed by atoms with E-state index in [1.807, 2.05) is 0 Å². The van der Waals surface area contributed by atoms with Gasteiger partial charge in [0.05, 0.1) is 29.0 Å². The molecule has 2 aromatic rings. The Kier molecular flexibility index (Phi) is 5.94. The summed E-state index contributed by atoms with van der Waals surface area (Å²) >= 11 is 0. The minimum Gasteiger partial charge on any atom is -0.507 e. The lowest BCUT2D eigenvalue weighted by Gasteiger charge is -2.31. The molecule has 2 aromatic carbocycles. The first kappa shape index (κ1) is 23.8. The first-order chi connectivity index (χ1) is 17.3. The molecule has 0 radical (unpaired) electrons. The van der Waals surface area contributed by atoms with E-state index in [1.54, 1.807) is 38.2 Å². The van der Waals surface area contributed by atoms with Crippen molar-refractivity contribution >= 4 is 17.3 Å². The Balaban J connectivity index is 1.74. The molecule has 0 spiro atoms. The Hall–Kier alpha value is -3.88. The van der Waals surface area contributed by atoms with E-state index in [9.17, 15) is 24.9 Å². The maximum absolute atomic E-state index is 13.8. The molecule has 0 amide bonds. The number of aromatic hydroxyl groups is 1. The predicted octanol–water partition coefficient (Wildman–Crippen LogP) is 2.44. The van der Waals surface area contributed by atoms with Crippen LogP contribution >= 0.6 is 0 Å². The number of allylic oxidation sites excluding steroid dienone is 2. The van der Waals surface area contributed by atoms with E-state index in [4.69, 9.17) is 0 Å². The van der Waals surface area contributed by atoms with Crippen molar-refractivity contribution in [2.45, 2.75) is 44.6 Å². The van der Waals surface area contributed by atoms with Crippen molar-refractivity contribution in [1.82, 2.24) is 5.32 Å². The molecule has 0 saturated heterocycles. The summed E-state index contributed by atoms with van der Waals surface area (Å²) in [5, 5.41) is 38.7. The van der Waals surface area contributed by atoms with E-state index in [0.29, 0.717) is 6.54 Å². The molecule has 0 bridgehead atoms. The zero-order chi connectivity index (χ0) is 25.6. The van der Waals surface area contributed by atoms with Gasteiger partial charge in [0.2, 0.25) is 0 Å². The third kappa shape index (κ3) is 3.79. The van der Waals surface area contributed by atoms with Gasteiger partial charge in [0.15, 0.2) is 11.6 Å². The molecule has 182 valence electrons. The van der Waals surface area contributed by atoms with Crippen LogP contribution in [-0.4, -0.2) is 46.1 Å². The Labute approximate surface area is 209 Å². The van der Waals surface area contributed by atoms with Crippen LogP contribution in [0.4, 0.5) is 5.69 Å². The van der Waals surface area contributed by atoms with E-state index >= 15 is 0 Å². The highest BCUT2D eigenvalue weighted by Gasteiger charge is 2.53. The zero-order valence-electron chi connectivity index (χ0n) is 20.0. The highest BCUT2D eigenvalue weighted by molar-refractivity contribution is 6.31. The van der Waals surface area contributed by atoms with Gasteiger partial charge in [-0.1, -0.05) is 29.7 Å². The van der Waals surface area contributed by atoms with Gasteiger partial charge in [0.1, 0.15) is 11.9 Å². The average molecular weight is 483 g/mol. The van der Waals surface area contributed by atoms with Crippen LogP contribution in [0.1, 0.15) is 68.8 Å². The zero-order valence-corrected chi connectivity index (χ0v) is 20.0. The fourth-order valence-electron chi connectivity index (χ4n) is 5.06. The number of fused-ring (bicyclic) bond motifs is 4. The Morgan fingerprint density at radius 2 is 1.78 bits per heavy atom. The number of aliphatic hydroxyl groups is 2. The van der Waals surface area contributed by atoms with Crippen molar-refractivity contribution in [2.24, 2.45) is 5.41 Å². The van der Waals surface area contributed by atoms with Crippen molar-refractivity contribution in [3.63, 3.8) is 0 Å². The van der Waals surface area contributed by atoms with Crippen molar-refractivity contribution in [3.8, 4) is 29.4 Å². The second-order valence-corrected chi connectivity index (χ2v) is 9.48. The number of carbonyl (C=O) groups is 2. The van der Waals surface area contributed by atoms with Gasteiger partial charge in [-0.2, -0.15) is 0 Å². The molecule has 5 rings (SSSR count). The van der Waals surface area contributed by atoms with Crippen LogP contribution in [0.15, 0.2) is 36.4 Å². The van der Waals surface area contributed by atoms with Crippen LogP contribution in [0, 0.1) is 29.1 Å². The van der Waals surface area contributed by atoms with E-state index in [2.05, 4.69) is 34.3 Å². The van der Waals surface area contributed by atoms with Crippen molar-refractivity contribution in [1.29, 1.82) is 0 Å². The summed E-state index contributed by atoms with van der Waals surface area (Å²) in [4.78, 5) is 27.4. The summed E-state index contributed by atoms with van der Waals surface area (Å²) < 4.78 is 0. The molecule has 5 N–H and O–H groups in total. The normalized spacial score (nSPS) is 22.7. The van der Waals surface area contributed by atoms with Crippen molar-refractivity contribution in [2.75, 3.05) is 12.4 Å². The molecule has 7 heteroatoms. The molecule has 7 nitrogen and oxygen atoms in total. The highest BCUT2D eigenvalue weighted by atomic mass is 16.3. The van der Waals surface area contributed by atoms with Crippen LogP contribution < -0.4 is 10.6 Å². The van der Waals surface area contributed by atoms with Gasteiger partial charge in [0.25, 0.3) is 0 Å². The number of hydrogen-bond donors (Lipinski definition) is 5. The highest BCUT2D eigenvalue weighted by Crippen LogP contribution is 2.53. The lowest BCUT2D eigenvalue weighted by Crippen LogP contribution is -2.38. The fourth-order valence-corrected chi connectivity index (χ4v) is 5.06. The van der Waals surface area contributed by atoms with Crippen LogP contribution in [0.2, 0.25) is 0 Å². The molecular weight excluding hydrogens is 456 g/mol. The number of phenolic OH excluding ortho intramolecular Hbond substituents is 1. The molecule has 1 aliphatic heterocycles. The molecule has 0 unspecified atom stereocenters. The molecule has 2 aliphatic carbocycles. The van der Waals surface area contributed by atoms with Gasteiger partial charge >= 0.3 is 0 Å². The lowest BCUT2D eigenvalue weighted by atomic mass is 9.79. The number of anilines is 1. The maximum atomic E-state index is 13.8. The smallest absolute Gasteiger partial charge is 0.198 e. The minimum atomic E-state index is -1.35.